The van der Waals surface area contributed by atoms with Crippen LogP contribution in [0, 0.1) is 0 Å². The fraction of sp³-hybridized carbons (Fsp3) is 0.231. The van der Waals surface area contributed by atoms with Crippen LogP contribution in [0.5, 0.6) is 0 Å². The Bertz CT molecular complexity index is 612. The molecule has 0 aliphatic rings. The third-order valence-corrected chi connectivity index (χ3v) is 3.57. The highest BCUT2D eigenvalue weighted by atomic mass is 35.5. The first-order valence-corrected chi connectivity index (χ1v) is 6.36. The molecule has 100 valence electrons. The van der Waals surface area contributed by atoms with Crippen molar-refractivity contribution >= 4 is 29.2 Å². The van der Waals surface area contributed by atoms with E-state index in [1.165, 1.54) is 17.1 Å². The molecule has 0 aliphatic heterocycles. The number of benzene rings is 1. The van der Waals surface area contributed by atoms with Gasteiger partial charge in [-0.2, -0.15) is 5.10 Å². The molecule has 0 radical (unpaired) electrons. The van der Waals surface area contributed by atoms with Gasteiger partial charge in [0.2, 0.25) is 0 Å². The van der Waals surface area contributed by atoms with E-state index in [1.807, 2.05) is 6.07 Å². The van der Waals surface area contributed by atoms with Crippen LogP contribution in [0.3, 0.4) is 0 Å². The molecule has 0 saturated heterocycles. The lowest BCUT2D eigenvalue weighted by Gasteiger charge is -2.25. The van der Waals surface area contributed by atoms with Gasteiger partial charge in [0.1, 0.15) is 0 Å². The van der Waals surface area contributed by atoms with Crippen molar-refractivity contribution in [2.75, 3.05) is 0 Å². The van der Waals surface area contributed by atoms with Gasteiger partial charge in [-0.25, -0.2) is 4.79 Å². The fourth-order valence-electron chi connectivity index (χ4n) is 1.84. The van der Waals surface area contributed by atoms with E-state index >= 15 is 0 Å². The summed E-state index contributed by atoms with van der Waals surface area (Å²) < 4.78 is 1.35. The number of hydrogen-bond donors (Lipinski definition) is 1. The van der Waals surface area contributed by atoms with Gasteiger partial charge in [0.25, 0.3) is 0 Å². The lowest BCUT2D eigenvalue weighted by atomic mass is 9.93. The molecule has 0 bridgehead atoms. The number of carboxylic acid groups (broad SMARTS) is 1. The molecule has 1 heterocycles. The predicted molar refractivity (Wildman–Crippen MR) is 73.7 cm³/mol. The molecule has 0 spiro atoms. The van der Waals surface area contributed by atoms with Crippen LogP contribution in [0.25, 0.3) is 0 Å². The summed E-state index contributed by atoms with van der Waals surface area (Å²) in [7, 11) is 0. The SMILES string of the molecule is CC(Cc1ccccc1Cl)(C(=O)O)n1cc(Cl)cn1. The van der Waals surface area contributed by atoms with E-state index in [0.29, 0.717) is 10.0 Å². The largest absolute Gasteiger partial charge is 0.479 e. The summed E-state index contributed by atoms with van der Waals surface area (Å²) in [6.45, 7) is 1.59. The molecule has 1 unspecified atom stereocenters. The summed E-state index contributed by atoms with van der Waals surface area (Å²) in [6, 6.07) is 7.15. The maximum absolute atomic E-state index is 11.6. The van der Waals surface area contributed by atoms with Crippen LogP contribution in [-0.4, -0.2) is 20.9 Å². The highest BCUT2D eigenvalue weighted by Crippen LogP contribution is 2.27. The summed E-state index contributed by atoms with van der Waals surface area (Å²) in [4.78, 5) is 11.6. The van der Waals surface area contributed by atoms with Crippen molar-refractivity contribution in [2.24, 2.45) is 0 Å². The van der Waals surface area contributed by atoms with E-state index in [1.54, 1.807) is 25.1 Å². The molecule has 1 aromatic heterocycles. The molecule has 2 aromatic rings. The molecule has 4 nitrogen and oxygen atoms in total. The molecular weight excluding hydrogens is 287 g/mol. The number of nitrogens with zero attached hydrogens (tertiary/aromatic N) is 2. The Balaban J connectivity index is 2.41. The zero-order valence-electron chi connectivity index (χ0n) is 10.2. The molecule has 1 atom stereocenters. The normalized spacial score (nSPS) is 14.1. The zero-order chi connectivity index (χ0) is 14.0. The van der Waals surface area contributed by atoms with E-state index in [9.17, 15) is 9.90 Å². The second-order valence-electron chi connectivity index (χ2n) is 4.45. The van der Waals surface area contributed by atoms with Gasteiger partial charge in [-0.1, -0.05) is 41.4 Å². The topological polar surface area (TPSA) is 55.1 Å². The van der Waals surface area contributed by atoms with Crippen molar-refractivity contribution in [2.45, 2.75) is 18.9 Å². The van der Waals surface area contributed by atoms with Gasteiger partial charge >= 0.3 is 5.97 Å². The highest BCUT2D eigenvalue weighted by molar-refractivity contribution is 6.31. The van der Waals surface area contributed by atoms with Crippen molar-refractivity contribution in [1.82, 2.24) is 9.78 Å². The van der Waals surface area contributed by atoms with Gasteiger partial charge < -0.3 is 5.11 Å². The zero-order valence-corrected chi connectivity index (χ0v) is 11.7. The maximum atomic E-state index is 11.6. The van der Waals surface area contributed by atoms with Gasteiger partial charge in [0, 0.05) is 17.6 Å². The molecule has 0 amide bonds. The van der Waals surface area contributed by atoms with Crippen LogP contribution in [-0.2, 0) is 16.8 Å². The quantitative estimate of drug-likeness (QED) is 0.943. The Labute approximate surface area is 120 Å². The Morgan fingerprint density at radius 3 is 2.63 bits per heavy atom. The molecule has 6 heteroatoms. The molecule has 0 fully saturated rings. The van der Waals surface area contributed by atoms with Gasteiger partial charge in [-0.3, -0.25) is 4.68 Å². The third kappa shape index (κ3) is 2.74. The first kappa shape index (κ1) is 13.9. The lowest BCUT2D eigenvalue weighted by Crippen LogP contribution is -2.41. The second kappa shape index (κ2) is 5.23. The number of hydrogen-bond acceptors (Lipinski definition) is 2. The van der Waals surface area contributed by atoms with Crippen LogP contribution < -0.4 is 0 Å². The van der Waals surface area contributed by atoms with Gasteiger partial charge in [-0.15, -0.1) is 0 Å². The first-order chi connectivity index (χ1) is 8.93. The molecule has 1 aromatic carbocycles. The number of rotatable bonds is 4. The minimum atomic E-state index is -1.24. The van der Waals surface area contributed by atoms with Crippen LogP contribution in [0.2, 0.25) is 10.0 Å². The molecule has 0 saturated carbocycles. The Hall–Kier alpha value is -1.52. The highest BCUT2D eigenvalue weighted by Gasteiger charge is 2.36. The third-order valence-electron chi connectivity index (χ3n) is 3.01. The first-order valence-electron chi connectivity index (χ1n) is 5.61. The number of halogens is 2. The summed E-state index contributed by atoms with van der Waals surface area (Å²) in [5.74, 6) is -0.993. The molecule has 1 N–H and O–H groups in total. The van der Waals surface area contributed by atoms with Crippen molar-refractivity contribution in [3.05, 3.63) is 52.3 Å². The Kier molecular flexibility index (Phi) is 3.83. The van der Waals surface area contributed by atoms with Crippen LogP contribution in [0.4, 0.5) is 0 Å². The van der Waals surface area contributed by atoms with Crippen molar-refractivity contribution in [3.63, 3.8) is 0 Å². The number of carbonyl (C=O) groups is 1. The summed E-state index contributed by atoms with van der Waals surface area (Å²) in [6.07, 6.45) is 3.13. The van der Waals surface area contributed by atoms with Crippen molar-refractivity contribution in [1.29, 1.82) is 0 Å². The molecular formula is C13H12Cl2N2O2. The number of aromatic nitrogens is 2. The summed E-state index contributed by atoms with van der Waals surface area (Å²) in [5.41, 5.74) is -0.487. The smallest absolute Gasteiger partial charge is 0.331 e. The average Bonchev–Trinajstić information content (AvgIpc) is 2.79. The van der Waals surface area contributed by atoms with Crippen LogP contribution in [0.1, 0.15) is 12.5 Å². The van der Waals surface area contributed by atoms with E-state index < -0.39 is 11.5 Å². The number of aliphatic carboxylic acids is 1. The van der Waals surface area contributed by atoms with Crippen molar-refractivity contribution in [3.8, 4) is 0 Å². The van der Waals surface area contributed by atoms with Crippen LogP contribution >= 0.6 is 23.2 Å². The van der Waals surface area contributed by atoms with E-state index in [2.05, 4.69) is 5.10 Å². The summed E-state index contributed by atoms with van der Waals surface area (Å²) >= 11 is 11.9. The van der Waals surface area contributed by atoms with Crippen LogP contribution in [0.15, 0.2) is 36.7 Å². The van der Waals surface area contributed by atoms with Crippen molar-refractivity contribution < 1.29 is 9.90 Å². The summed E-state index contributed by atoms with van der Waals surface area (Å²) in [5, 5.41) is 14.4. The number of carboxylic acids is 1. The maximum Gasteiger partial charge on any atom is 0.331 e. The average molecular weight is 299 g/mol. The monoisotopic (exact) mass is 298 g/mol. The fourth-order valence-corrected chi connectivity index (χ4v) is 2.18. The minimum Gasteiger partial charge on any atom is -0.479 e. The van der Waals surface area contributed by atoms with Gasteiger partial charge in [0.05, 0.1) is 11.2 Å². The van der Waals surface area contributed by atoms with E-state index in [-0.39, 0.29) is 6.42 Å². The standard InChI is InChI=1S/C13H12Cl2N2O2/c1-13(12(18)19,17-8-10(14)7-16-17)6-9-4-2-3-5-11(9)15/h2-5,7-8H,6H2,1H3,(H,18,19). The molecule has 0 aliphatic carbocycles. The lowest BCUT2D eigenvalue weighted by molar-refractivity contribution is -0.147. The van der Waals surface area contributed by atoms with E-state index in [4.69, 9.17) is 23.2 Å². The van der Waals surface area contributed by atoms with Gasteiger partial charge in [-0.05, 0) is 18.6 Å². The minimum absolute atomic E-state index is 0.222. The molecule has 19 heavy (non-hydrogen) atoms. The Morgan fingerprint density at radius 2 is 2.11 bits per heavy atom. The van der Waals surface area contributed by atoms with E-state index in [0.717, 1.165) is 5.56 Å². The van der Waals surface area contributed by atoms with Gasteiger partial charge in [0.15, 0.2) is 5.54 Å². The molecule has 2 rings (SSSR count). The second-order valence-corrected chi connectivity index (χ2v) is 5.29. The predicted octanol–water partition coefficient (Wildman–Crippen LogP) is 3.23. The Morgan fingerprint density at radius 1 is 1.42 bits per heavy atom.